The summed E-state index contributed by atoms with van der Waals surface area (Å²) in [6.07, 6.45) is 7.29. The molecule has 0 radical (unpaired) electrons. The van der Waals surface area contributed by atoms with E-state index in [1.165, 1.54) is 6.08 Å². The number of amides is 2. The fourth-order valence-corrected chi connectivity index (χ4v) is 4.59. The molecule has 0 spiro atoms. The Kier molecular flexibility index (Phi) is 8.83. The van der Waals surface area contributed by atoms with Crippen LogP contribution in [0.1, 0.15) is 35.5 Å². The second-order valence-electron chi connectivity index (χ2n) is 10.1. The molecule has 0 bridgehead atoms. The van der Waals surface area contributed by atoms with Gasteiger partial charge in [0.1, 0.15) is 0 Å². The average Bonchev–Trinajstić information content (AvgIpc) is 3.26. The van der Waals surface area contributed by atoms with Crippen LogP contribution in [0.2, 0.25) is 5.02 Å². The molecule has 3 heterocycles. The van der Waals surface area contributed by atoms with Crippen molar-refractivity contribution in [3.05, 3.63) is 70.7 Å². The third-order valence-electron chi connectivity index (χ3n) is 6.17. The van der Waals surface area contributed by atoms with Gasteiger partial charge < -0.3 is 30.6 Å². The molecule has 208 valence electrons. The Morgan fingerprint density at radius 2 is 2.10 bits per heavy atom. The van der Waals surface area contributed by atoms with Crippen molar-refractivity contribution in [2.75, 3.05) is 39.6 Å². The van der Waals surface area contributed by atoms with Crippen molar-refractivity contribution in [3.63, 3.8) is 0 Å². The zero-order chi connectivity index (χ0) is 28.9. The van der Waals surface area contributed by atoms with E-state index in [2.05, 4.69) is 37.8 Å². The van der Waals surface area contributed by atoms with Crippen molar-refractivity contribution in [1.82, 2.24) is 25.5 Å². The number of rotatable bonds is 8. The third-order valence-corrected chi connectivity index (χ3v) is 6.47. The fourth-order valence-electron chi connectivity index (χ4n) is 4.34. The summed E-state index contributed by atoms with van der Waals surface area (Å²) in [5.41, 5.74) is 3.80. The number of benzene rings is 1. The van der Waals surface area contributed by atoms with Gasteiger partial charge in [0.25, 0.3) is 5.91 Å². The van der Waals surface area contributed by atoms with Crippen molar-refractivity contribution in [2.24, 2.45) is 0 Å². The Hall–Kier alpha value is -4.26. The van der Waals surface area contributed by atoms with Gasteiger partial charge in [-0.15, -0.1) is 0 Å². The number of halogens is 1. The van der Waals surface area contributed by atoms with Crippen LogP contribution in [0.3, 0.4) is 0 Å². The quantitative estimate of drug-likeness (QED) is 0.243. The van der Waals surface area contributed by atoms with Crippen molar-refractivity contribution in [3.8, 4) is 28.8 Å². The first-order valence-electron chi connectivity index (χ1n) is 12.8. The largest absolute Gasteiger partial charge is 0.493 e. The minimum absolute atomic E-state index is 0.180. The minimum Gasteiger partial charge on any atom is -0.493 e. The molecule has 9 nitrogen and oxygen atoms in total. The van der Waals surface area contributed by atoms with Gasteiger partial charge >= 0.3 is 0 Å². The highest BCUT2D eigenvalue weighted by Gasteiger charge is 2.28. The van der Waals surface area contributed by atoms with Crippen molar-refractivity contribution >= 4 is 34.8 Å². The summed E-state index contributed by atoms with van der Waals surface area (Å²) >= 11 is 6.37. The van der Waals surface area contributed by atoms with Gasteiger partial charge in [-0.1, -0.05) is 35.6 Å². The number of likely N-dealkylation sites (N-methyl/N-ethyl adjacent to an activating group) is 1. The summed E-state index contributed by atoms with van der Waals surface area (Å²) in [6, 6.07) is 7.22. The molecule has 40 heavy (non-hydrogen) atoms. The summed E-state index contributed by atoms with van der Waals surface area (Å²) in [5.74, 6) is 6.42. The number of ether oxygens (including phenoxy) is 1. The Balaban J connectivity index is 1.73. The van der Waals surface area contributed by atoms with Crippen LogP contribution in [0, 0.1) is 11.8 Å². The number of nitrogens with zero attached hydrogens (tertiary/aromatic N) is 2. The maximum Gasteiger partial charge on any atom is 0.255 e. The molecule has 0 fully saturated rings. The first-order chi connectivity index (χ1) is 19.1. The van der Waals surface area contributed by atoms with Crippen LogP contribution in [-0.4, -0.2) is 66.5 Å². The van der Waals surface area contributed by atoms with E-state index >= 15 is 0 Å². The van der Waals surface area contributed by atoms with Crippen LogP contribution in [0.4, 0.5) is 11.4 Å². The molecule has 4 rings (SSSR count). The lowest BCUT2D eigenvalue weighted by atomic mass is 10.0. The summed E-state index contributed by atoms with van der Waals surface area (Å²) in [5, 5.41) is 9.68. The Labute approximate surface area is 239 Å². The molecule has 2 aromatic heterocycles. The van der Waals surface area contributed by atoms with Crippen LogP contribution >= 0.6 is 11.6 Å². The lowest BCUT2D eigenvalue weighted by Gasteiger charge is -2.19. The molecule has 0 unspecified atom stereocenters. The fraction of sp³-hybridized carbons (Fsp3) is 0.300. The lowest BCUT2D eigenvalue weighted by Crippen LogP contribution is -2.41. The molecule has 4 N–H and O–H groups in total. The predicted octanol–water partition coefficient (Wildman–Crippen LogP) is 4.13. The van der Waals surface area contributed by atoms with E-state index in [0.29, 0.717) is 58.5 Å². The van der Waals surface area contributed by atoms with E-state index in [9.17, 15) is 9.59 Å². The van der Waals surface area contributed by atoms with E-state index in [4.69, 9.17) is 16.3 Å². The highest BCUT2D eigenvalue weighted by molar-refractivity contribution is 6.32. The number of H-pyrrole nitrogens is 1. The van der Waals surface area contributed by atoms with Gasteiger partial charge in [0.15, 0.2) is 5.75 Å². The van der Waals surface area contributed by atoms with Crippen LogP contribution in [0.25, 0.3) is 11.3 Å². The van der Waals surface area contributed by atoms with E-state index < -0.39 is 5.54 Å². The van der Waals surface area contributed by atoms with Gasteiger partial charge in [-0.3, -0.25) is 14.6 Å². The van der Waals surface area contributed by atoms with Gasteiger partial charge in [-0.05, 0) is 46.1 Å². The first kappa shape index (κ1) is 28.7. The number of methoxy groups -OCH3 is 1. The maximum atomic E-state index is 13.0. The number of nitrogens with one attached hydrogen (secondary N) is 4. The topological polar surface area (TPSA) is 111 Å². The molecular formula is C30H33ClN6O3. The standard InChI is InChI=1S/C30H33ClN6O3/c1-30(2,36-24(38)10-7-17-37(3)4)14-11-19-18-32-15-12-20(19)26-27(25-22(34-26)13-16-33-29(25)39)35-23-9-6-8-21(31)28(23)40-5/h6-10,12,15,18,34-35H,13,16-17H2,1-5H3,(H,33,39)(H,36,38)/b10-7+. The number of aromatic amines is 1. The zero-order valence-electron chi connectivity index (χ0n) is 23.2. The number of pyridine rings is 1. The van der Waals surface area contributed by atoms with Crippen LogP contribution in [0.5, 0.6) is 5.75 Å². The minimum atomic E-state index is -0.809. The van der Waals surface area contributed by atoms with Crippen LogP contribution in [0.15, 0.2) is 48.8 Å². The number of hydrogen-bond acceptors (Lipinski definition) is 6. The summed E-state index contributed by atoms with van der Waals surface area (Å²) < 4.78 is 5.53. The van der Waals surface area contributed by atoms with E-state index in [1.807, 2.05) is 45.0 Å². The number of para-hydroxylation sites is 1. The van der Waals surface area contributed by atoms with Crippen molar-refractivity contribution in [1.29, 1.82) is 0 Å². The zero-order valence-corrected chi connectivity index (χ0v) is 24.0. The summed E-state index contributed by atoms with van der Waals surface area (Å²) in [4.78, 5) is 35.1. The van der Waals surface area contributed by atoms with Crippen molar-refractivity contribution < 1.29 is 14.3 Å². The van der Waals surface area contributed by atoms with Crippen LogP contribution < -0.4 is 20.7 Å². The summed E-state index contributed by atoms with van der Waals surface area (Å²) in [7, 11) is 5.41. The van der Waals surface area contributed by atoms with Gasteiger partial charge in [-0.2, -0.15) is 0 Å². The molecule has 0 saturated heterocycles. The highest BCUT2D eigenvalue weighted by atomic mass is 35.5. The van der Waals surface area contributed by atoms with E-state index in [-0.39, 0.29) is 11.8 Å². The number of carbonyl (C=O) groups is 2. The normalized spacial score (nSPS) is 12.9. The SMILES string of the molecule is COc1c(Cl)cccc1Nc1c(-c2ccncc2C#CC(C)(C)NC(=O)/C=C/CN(C)C)[nH]c2c1C(=O)NCC2. The third kappa shape index (κ3) is 6.65. The number of anilines is 2. The smallest absolute Gasteiger partial charge is 0.255 e. The molecule has 0 saturated carbocycles. The second-order valence-corrected chi connectivity index (χ2v) is 10.5. The Morgan fingerprint density at radius 3 is 2.85 bits per heavy atom. The van der Waals surface area contributed by atoms with E-state index in [0.717, 1.165) is 11.3 Å². The average molecular weight is 561 g/mol. The molecule has 2 amide bonds. The maximum absolute atomic E-state index is 13.0. The van der Waals surface area contributed by atoms with Crippen LogP contribution in [-0.2, 0) is 11.2 Å². The molecule has 0 atom stereocenters. The molecule has 1 aliphatic heterocycles. The Bertz CT molecular complexity index is 1510. The number of hydrogen-bond donors (Lipinski definition) is 4. The number of carbonyl (C=O) groups excluding carboxylic acids is 2. The van der Waals surface area contributed by atoms with E-state index in [1.54, 1.807) is 37.7 Å². The molecular weight excluding hydrogens is 528 g/mol. The summed E-state index contributed by atoms with van der Waals surface area (Å²) in [6.45, 7) is 4.87. The first-order valence-corrected chi connectivity index (χ1v) is 13.2. The lowest BCUT2D eigenvalue weighted by molar-refractivity contribution is -0.117. The molecule has 0 aliphatic carbocycles. The monoisotopic (exact) mass is 560 g/mol. The molecule has 1 aliphatic rings. The number of aromatic nitrogens is 2. The predicted molar refractivity (Wildman–Crippen MR) is 158 cm³/mol. The van der Waals surface area contributed by atoms with Gasteiger partial charge in [0.05, 0.1) is 45.9 Å². The highest BCUT2D eigenvalue weighted by Crippen LogP contribution is 2.41. The van der Waals surface area contributed by atoms with Crippen molar-refractivity contribution in [2.45, 2.75) is 25.8 Å². The van der Waals surface area contributed by atoms with Gasteiger partial charge in [-0.25, -0.2) is 0 Å². The molecule has 3 aromatic rings. The van der Waals surface area contributed by atoms with Gasteiger partial charge in [0, 0.05) is 49.2 Å². The number of fused-ring (bicyclic) bond motifs is 1. The molecule has 10 heteroatoms. The van der Waals surface area contributed by atoms with Gasteiger partial charge in [0.2, 0.25) is 5.91 Å². The Morgan fingerprint density at radius 1 is 1.30 bits per heavy atom. The molecule has 1 aromatic carbocycles. The second kappa shape index (κ2) is 12.3.